The van der Waals surface area contributed by atoms with Crippen LogP contribution in [-0.2, 0) is 9.59 Å². The van der Waals surface area contributed by atoms with Crippen LogP contribution in [0, 0.1) is 5.92 Å². The Labute approximate surface area is 93.5 Å². The molecule has 16 heavy (non-hydrogen) atoms. The third kappa shape index (κ3) is 2.90. The van der Waals surface area contributed by atoms with Crippen LogP contribution in [0.5, 0.6) is 0 Å². The molecule has 0 aromatic rings. The molecule has 0 radical (unpaired) electrons. The van der Waals surface area contributed by atoms with Gasteiger partial charge in [-0.15, -0.1) is 0 Å². The summed E-state index contributed by atoms with van der Waals surface area (Å²) in [6, 6.07) is -0.770. The highest BCUT2D eigenvalue weighted by Gasteiger charge is 2.28. The number of hydrogen-bond donors (Lipinski definition) is 3. The van der Waals surface area contributed by atoms with Gasteiger partial charge in [0.05, 0.1) is 0 Å². The first-order valence-corrected chi connectivity index (χ1v) is 5.11. The van der Waals surface area contributed by atoms with E-state index in [4.69, 9.17) is 0 Å². The number of carbonyl (C=O) groups excluding carboxylic acids is 3. The van der Waals surface area contributed by atoms with Gasteiger partial charge >= 0.3 is 6.03 Å². The Morgan fingerprint density at radius 2 is 1.81 bits per heavy atom. The minimum Gasteiger partial charge on any atom is -0.319 e. The zero-order valence-electron chi connectivity index (χ0n) is 9.29. The Bertz CT molecular complexity index is 327. The molecule has 1 aliphatic heterocycles. The highest BCUT2D eigenvalue weighted by molar-refractivity contribution is 6.28. The summed E-state index contributed by atoms with van der Waals surface area (Å²) in [6.07, 6.45) is 2.40. The SMILES string of the molecule is CCC(C=C1C(=O)NC(=O)NC1=O)CNC. The first kappa shape index (κ1) is 12.4. The Hall–Kier alpha value is -1.69. The number of hydrogen-bond acceptors (Lipinski definition) is 4. The second-order valence-corrected chi connectivity index (χ2v) is 3.54. The van der Waals surface area contributed by atoms with Crippen molar-refractivity contribution >= 4 is 17.8 Å². The van der Waals surface area contributed by atoms with Gasteiger partial charge in [-0.2, -0.15) is 0 Å². The van der Waals surface area contributed by atoms with Crippen molar-refractivity contribution in [3.63, 3.8) is 0 Å². The largest absolute Gasteiger partial charge is 0.328 e. The zero-order chi connectivity index (χ0) is 12.1. The van der Waals surface area contributed by atoms with Crippen LogP contribution in [0.3, 0.4) is 0 Å². The summed E-state index contributed by atoms with van der Waals surface area (Å²) in [7, 11) is 1.80. The Kier molecular flexibility index (Phi) is 4.19. The molecule has 6 heteroatoms. The van der Waals surface area contributed by atoms with Crippen LogP contribution < -0.4 is 16.0 Å². The van der Waals surface area contributed by atoms with Crippen LogP contribution in [0.4, 0.5) is 4.79 Å². The highest BCUT2D eigenvalue weighted by Crippen LogP contribution is 2.09. The van der Waals surface area contributed by atoms with Gasteiger partial charge in [0, 0.05) is 6.54 Å². The topological polar surface area (TPSA) is 87.3 Å². The van der Waals surface area contributed by atoms with Crippen LogP contribution in [-0.4, -0.2) is 31.4 Å². The third-order valence-corrected chi connectivity index (χ3v) is 2.34. The molecule has 1 saturated heterocycles. The van der Waals surface area contributed by atoms with Crippen molar-refractivity contribution < 1.29 is 14.4 Å². The fourth-order valence-electron chi connectivity index (χ4n) is 1.45. The summed E-state index contributed by atoms with van der Waals surface area (Å²) in [5.74, 6) is -1.18. The molecular formula is C10H15N3O3. The minimum absolute atomic E-state index is 0.00157. The Morgan fingerprint density at radius 3 is 2.25 bits per heavy atom. The second kappa shape index (κ2) is 5.41. The van der Waals surface area contributed by atoms with E-state index in [9.17, 15) is 14.4 Å². The van der Waals surface area contributed by atoms with Crippen molar-refractivity contribution in [1.29, 1.82) is 0 Å². The lowest BCUT2D eigenvalue weighted by Crippen LogP contribution is -2.51. The van der Waals surface area contributed by atoms with Crippen molar-refractivity contribution in [2.75, 3.05) is 13.6 Å². The summed E-state index contributed by atoms with van der Waals surface area (Å²) in [6.45, 7) is 2.64. The predicted octanol–water partition coefficient (Wildman–Crippen LogP) is -0.476. The number of amides is 4. The quantitative estimate of drug-likeness (QED) is 0.445. The molecule has 0 aromatic carbocycles. The van der Waals surface area contributed by atoms with Crippen LogP contribution in [0.15, 0.2) is 11.6 Å². The van der Waals surface area contributed by atoms with E-state index in [1.54, 1.807) is 13.1 Å². The van der Waals surface area contributed by atoms with Gasteiger partial charge in [0.25, 0.3) is 11.8 Å². The second-order valence-electron chi connectivity index (χ2n) is 3.54. The molecule has 0 saturated carbocycles. The molecule has 0 aliphatic carbocycles. The van der Waals surface area contributed by atoms with Crippen molar-refractivity contribution in [3.05, 3.63) is 11.6 Å². The van der Waals surface area contributed by atoms with Gasteiger partial charge in [0.2, 0.25) is 0 Å². The number of carbonyl (C=O) groups is 3. The zero-order valence-corrected chi connectivity index (χ0v) is 9.29. The fraction of sp³-hybridized carbons (Fsp3) is 0.500. The van der Waals surface area contributed by atoms with Crippen LogP contribution in [0.1, 0.15) is 13.3 Å². The van der Waals surface area contributed by atoms with E-state index in [0.717, 1.165) is 6.42 Å². The lowest BCUT2D eigenvalue weighted by Gasteiger charge is -2.16. The first-order valence-electron chi connectivity index (χ1n) is 5.11. The average Bonchev–Trinajstić information content (AvgIpc) is 2.21. The average molecular weight is 225 g/mol. The first-order chi connectivity index (χ1) is 7.58. The van der Waals surface area contributed by atoms with E-state index >= 15 is 0 Å². The van der Waals surface area contributed by atoms with Gasteiger partial charge < -0.3 is 5.32 Å². The smallest absolute Gasteiger partial charge is 0.319 e. The molecule has 3 N–H and O–H groups in total. The molecule has 1 fully saturated rings. The van der Waals surface area contributed by atoms with E-state index < -0.39 is 17.8 Å². The molecule has 88 valence electrons. The maximum Gasteiger partial charge on any atom is 0.328 e. The number of rotatable bonds is 4. The van der Waals surface area contributed by atoms with Gasteiger partial charge in [0.1, 0.15) is 5.57 Å². The Morgan fingerprint density at radius 1 is 1.25 bits per heavy atom. The number of barbiturate groups is 1. The van der Waals surface area contributed by atoms with Gasteiger partial charge in [-0.3, -0.25) is 20.2 Å². The van der Waals surface area contributed by atoms with Crippen molar-refractivity contribution in [2.24, 2.45) is 5.92 Å². The van der Waals surface area contributed by atoms with Crippen LogP contribution in [0.25, 0.3) is 0 Å². The van der Waals surface area contributed by atoms with Gasteiger partial charge in [-0.25, -0.2) is 4.79 Å². The van der Waals surface area contributed by atoms with Gasteiger partial charge in [-0.05, 0) is 19.4 Å². The summed E-state index contributed by atoms with van der Waals surface area (Å²) in [5, 5.41) is 7.04. The molecule has 4 amide bonds. The fourth-order valence-corrected chi connectivity index (χ4v) is 1.45. The van der Waals surface area contributed by atoms with Crippen molar-refractivity contribution in [1.82, 2.24) is 16.0 Å². The minimum atomic E-state index is -0.770. The van der Waals surface area contributed by atoms with Crippen LogP contribution in [0.2, 0.25) is 0 Å². The number of urea groups is 1. The monoisotopic (exact) mass is 225 g/mol. The van der Waals surface area contributed by atoms with E-state index in [-0.39, 0.29) is 11.5 Å². The Balaban J connectivity index is 2.84. The standard InChI is InChI=1S/C10H15N3O3/c1-3-6(5-11-2)4-7-8(14)12-10(16)13-9(7)15/h4,6,11H,3,5H2,1-2H3,(H2,12,13,14,15,16). The molecular weight excluding hydrogens is 210 g/mol. The molecule has 1 aliphatic rings. The lowest BCUT2D eigenvalue weighted by atomic mass is 10.0. The van der Waals surface area contributed by atoms with E-state index in [1.807, 2.05) is 17.6 Å². The molecule has 1 rings (SSSR count). The molecule has 1 unspecified atom stereocenters. The maximum atomic E-state index is 11.4. The summed E-state index contributed by atoms with van der Waals surface area (Å²) in [5.41, 5.74) is 0.00157. The summed E-state index contributed by atoms with van der Waals surface area (Å²) in [4.78, 5) is 33.6. The summed E-state index contributed by atoms with van der Waals surface area (Å²) >= 11 is 0. The third-order valence-electron chi connectivity index (χ3n) is 2.34. The predicted molar refractivity (Wildman–Crippen MR) is 57.5 cm³/mol. The van der Waals surface area contributed by atoms with Crippen molar-refractivity contribution in [3.8, 4) is 0 Å². The molecule has 0 spiro atoms. The maximum absolute atomic E-state index is 11.4. The molecule has 0 bridgehead atoms. The van der Waals surface area contributed by atoms with E-state index in [1.165, 1.54) is 0 Å². The van der Waals surface area contributed by atoms with Gasteiger partial charge in [-0.1, -0.05) is 13.0 Å². The molecule has 0 aromatic heterocycles. The van der Waals surface area contributed by atoms with Crippen LogP contribution >= 0.6 is 0 Å². The molecule has 1 heterocycles. The van der Waals surface area contributed by atoms with Gasteiger partial charge in [0.15, 0.2) is 0 Å². The molecule has 6 nitrogen and oxygen atoms in total. The molecule has 1 atom stereocenters. The number of nitrogens with one attached hydrogen (secondary N) is 3. The number of imide groups is 2. The lowest BCUT2D eigenvalue weighted by molar-refractivity contribution is -0.124. The van der Waals surface area contributed by atoms with E-state index in [2.05, 4.69) is 5.32 Å². The summed E-state index contributed by atoms with van der Waals surface area (Å²) < 4.78 is 0. The highest BCUT2D eigenvalue weighted by atomic mass is 16.2. The van der Waals surface area contributed by atoms with Crippen molar-refractivity contribution in [2.45, 2.75) is 13.3 Å². The normalized spacial score (nSPS) is 17.9. The van der Waals surface area contributed by atoms with E-state index in [0.29, 0.717) is 6.54 Å².